The van der Waals surface area contributed by atoms with Crippen molar-refractivity contribution in [1.82, 2.24) is 4.98 Å². The molecular formula is C20H18BrF3N2O2S. The van der Waals surface area contributed by atoms with E-state index >= 15 is 0 Å². The van der Waals surface area contributed by atoms with Crippen LogP contribution in [0.15, 0.2) is 52.1 Å². The van der Waals surface area contributed by atoms with E-state index in [9.17, 15) is 21.6 Å². The highest BCUT2D eigenvalue weighted by atomic mass is 79.9. The molecule has 0 atom stereocenters. The van der Waals surface area contributed by atoms with Crippen LogP contribution >= 0.6 is 15.9 Å². The molecule has 1 aromatic heterocycles. The molecule has 0 saturated heterocycles. The Kier molecular flexibility index (Phi) is 6.28. The molecular weight excluding hydrogens is 469 g/mol. The standard InChI is InChI=1S/C20H18BrF3N2O2S/c1-2-3-16-10-14(8-9-25-16)19-7-6-18(26-19)13-4-5-15(17(21)11-13)12-29(27,28)20(22,23)24/h4-6,8-11H,2-3,7,12H2,1H3. The topological polar surface area (TPSA) is 59.4 Å². The second kappa shape index (κ2) is 8.39. The molecule has 4 nitrogen and oxygen atoms in total. The molecule has 0 N–H and O–H groups in total. The van der Waals surface area contributed by atoms with Crippen molar-refractivity contribution < 1.29 is 21.6 Å². The van der Waals surface area contributed by atoms with Gasteiger partial charge in [0, 0.05) is 28.3 Å². The summed E-state index contributed by atoms with van der Waals surface area (Å²) >= 11 is 3.18. The maximum atomic E-state index is 12.6. The molecule has 2 aromatic rings. The van der Waals surface area contributed by atoms with Gasteiger partial charge in [-0.3, -0.25) is 9.98 Å². The zero-order valence-corrected chi connectivity index (χ0v) is 17.9. The summed E-state index contributed by atoms with van der Waals surface area (Å²) in [6.07, 6.45) is 6.21. The minimum atomic E-state index is -5.28. The summed E-state index contributed by atoms with van der Waals surface area (Å²) in [4.78, 5) is 8.98. The van der Waals surface area contributed by atoms with Gasteiger partial charge in [-0.05, 0) is 35.7 Å². The average Bonchev–Trinajstić information content (AvgIpc) is 3.13. The quantitative estimate of drug-likeness (QED) is 0.544. The van der Waals surface area contributed by atoms with E-state index in [2.05, 4.69) is 32.8 Å². The summed E-state index contributed by atoms with van der Waals surface area (Å²) in [7, 11) is -5.24. The summed E-state index contributed by atoms with van der Waals surface area (Å²) in [6.45, 7) is 2.09. The van der Waals surface area contributed by atoms with Gasteiger partial charge in [-0.15, -0.1) is 0 Å². The van der Waals surface area contributed by atoms with Crippen LogP contribution in [0, 0.1) is 0 Å². The lowest BCUT2D eigenvalue weighted by Crippen LogP contribution is -2.24. The van der Waals surface area contributed by atoms with Gasteiger partial charge in [0.2, 0.25) is 0 Å². The largest absolute Gasteiger partial charge is 0.497 e. The van der Waals surface area contributed by atoms with E-state index in [0.717, 1.165) is 29.8 Å². The molecule has 154 valence electrons. The minimum absolute atomic E-state index is 0.0483. The van der Waals surface area contributed by atoms with Gasteiger partial charge in [0.05, 0.1) is 17.2 Å². The number of aliphatic imine (C=N–C) groups is 1. The third kappa shape index (κ3) is 4.95. The fraction of sp³-hybridized carbons (Fsp3) is 0.300. The van der Waals surface area contributed by atoms with Crippen LogP contribution in [-0.2, 0) is 22.0 Å². The van der Waals surface area contributed by atoms with Crippen LogP contribution < -0.4 is 0 Å². The predicted octanol–water partition coefficient (Wildman–Crippen LogP) is 5.47. The normalized spacial score (nSPS) is 14.7. The predicted molar refractivity (Wildman–Crippen MR) is 110 cm³/mol. The van der Waals surface area contributed by atoms with Gasteiger partial charge >= 0.3 is 5.51 Å². The summed E-state index contributed by atoms with van der Waals surface area (Å²) in [5.41, 5.74) is -0.963. The number of rotatable bonds is 6. The van der Waals surface area contributed by atoms with Crippen LogP contribution in [0.1, 0.15) is 42.1 Å². The molecule has 29 heavy (non-hydrogen) atoms. The Labute approximate surface area is 175 Å². The van der Waals surface area contributed by atoms with Crippen LogP contribution in [-0.4, -0.2) is 24.6 Å². The van der Waals surface area contributed by atoms with Crippen molar-refractivity contribution in [2.24, 2.45) is 4.99 Å². The number of aryl methyl sites for hydroxylation is 1. The van der Waals surface area contributed by atoms with E-state index in [1.54, 1.807) is 18.3 Å². The lowest BCUT2D eigenvalue weighted by Gasteiger charge is -2.10. The monoisotopic (exact) mass is 486 g/mol. The number of benzene rings is 1. The average molecular weight is 487 g/mol. The Morgan fingerprint density at radius 2 is 1.90 bits per heavy atom. The first-order valence-corrected chi connectivity index (χ1v) is 11.4. The fourth-order valence-electron chi connectivity index (χ4n) is 2.96. The second-order valence-electron chi connectivity index (χ2n) is 6.65. The van der Waals surface area contributed by atoms with Gasteiger partial charge in [0.15, 0.2) is 0 Å². The highest BCUT2D eigenvalue weighted by molar-refractivity contribution is 9.10. The first-order valence-electron chi connectivity index (χ1n) is 8.91. The lowest BCUT2D eigenvalue weighted by molar-refractivity contribution is -0.0437. The van der Waals surface area contributed by atoms with E-state index in [1.807, 2.05) is 18.2 Å². The van der Waals surface area contributed by atoms with Gasteiger partial charge in [-0.25, -0.2) is 8.42 Å². The molecule has 0 bridgehead atoms. The number of sulfone groups is 1. The Hall–Kier alpha value is -2.00. The van der Waals surface area contributed by atoms with Gasteiger partial charge in [-0.2, -0.15) is 13.2 Å². The van der Waals surface area contributed by atoms with Gasteiger partial charge in [0.1, 0.15) is 0 Å². The maximum absolute atomic E-state index is 12.6. The zero-order valence-electron chi connectivity index (χ0n) is 15.5. The van der Waals surface area contributed by atoms with Crippen LogP contribution in [0.3, 0.4) is 0 Å². The van der Waals surface area contributed by atoms with E-state index in [0.29, 0.717) is 22.2 Å². The van der Waals surface area contributed by atoms with Crippen molar-refractivity contribution in [3.63, 3.8) is 0 Å². The van der Waals surface area contributed by atoms with Crippen LogP contribution in [0.4, 0.5) is 13.2 Å². The van der Waals surface area contributed by atoms with Crippen molar-refractivity contribution in [1.29, 1.82) is 0 Å². The van der Waals surface area contributed by atoms with Crippen molar-refractivity contribution in [2.45, 2.75) is 37.4 Å². The van der Waals surface area contributed by atoms with Gasteiger partial charge < -0.3 is 0 Å². The molecule has 1 aliphatic heterocycles. The van der Waals surface area contributed by atoms with Crippen LogP contribution in [0.25, 0.3) is 5.70 Å². The van der Waals surface area contributed by atoms with Gasteiger partial charge in [0.25, 0.3) is 9.84 Å². The molecule has 0 saturated carbocycles. The number of alkyl halides is 3. The molecule has 0 spiro atoms. The lowest BCUT2D eigenvalue weighted by atomic mass is 10.1. The smallest absolute Gasteiger partial charge is 0.261 e. The molecule has 1 aliphatic rings. The number of allylic oxidation sites excluding steroid dienone is 1. The summed E-state index contributed by atoms with van der Waals surface area (Å²) < 4.78 is 61.0. The van der Waals surface area contributed by atoms with E-state index in [1.165, 1.54) is 6.07 Å². The molecule has 3 rings (SSSR count). The molecule has 0 radical (unpaired) electrons. The minimum Gasteiger partial charge on any atom is -0.261 e. The molecule has 1 aromatic carbocycles. The highest BCUT2D eigenvalue weighted by Gasteiger charge is 2.45. The fourth-order valence-corrected chi connectivity index (χ4v) is 4.49. The van der Waals surface area contributed by atoms with Crippen LogP contribution in [0.2, 0.25) is 0 Å². The number of nitrogens with zero attached hydrogens (tertiary/aromatic N) is 2. The number of aromatic nitrogens is 1. The third-order valence-corrected chi connectivity index (χ3v) is 6.58. The number of hydrogen-bond acceptors (Lipinski definition) is 4. The molecule has 0 unspecified atom stereocenters. The van der Waals surface area contributed by atoms with E-state index in [-0.39, 0.29) is 5.56 Å². The Balaban J connectivity index is 1.82. The molecule has 0 aliphatic carbocycles. The van der Waals surface area contributed by atoms with Crippen molar-refractivity contribution in [2.75, 3.05) is 0 Å². The Morgan fingerprint density at radius 1 is 1.14 bits per heavy atom. The van der Waals surface area contributed by atoms with Crippen molar-refractivity contribution >= 4 is 37.2 Å². The Morgan fingerprint density at radius 3 is 2.55 bits per heavy atom. The molecule has 2 heterocycles. The SMILES string of the molecule is CCCc1cc(C2=NC(c3ccc(CS(=O)(=O)C(F)(F)F)c(Br)c3)=CC2)ccn1. The summed E-state index contributed by atoms with van der Waals surface area (Å²) in [5, 5.41) is 0. The third-order valence-electron chi connectivity index (χ3n) is 4.45. The van der Waals surface area contributed by atoms with E-state index in [4.69, 9.17) is 0 Å². The zero-order chi connectivity index (χ0) is 21.2. The number of halogens is 4. The maximum Gasteiger partial charge on any atom is 0.497 e. The molecule has 9 heteroatoms. The Bertz CT molecular complexity index is 1090. The van der Waals surface area contributed by atoms with E-state index < -0.39 is 21.1 Å². The second-order valence-corrected chi connectivity index (χ2v) is 9.48. The molecule has 0 amide bonds. The number of pyridine rings is 1. The summed E-state index contributed by atoms with van der Waals surface area (Å²) in [5.74, 6) is -1.11. The highest BCUT2D eigenvalue weighted by Crippen LogP contribution is 2.32. The summed E-state index contributed by atoms with van der Waals surface area (Å²) in [6, 6.07) is 8.46. The van der Waals surface area contributed by atoms with Gasteiger partial charge in [-0.1, -0.05) is 47.5 Å². The van der Waals surface area contributed by atoms with Crippen molar-refractivity contribution in [3.8, 4) is 0 Å². The molecule has 0 fully saturated rings. The van der Waals surface area contributed by atoms with Crippen molar-refractivity contribution in [3.05, 3.63) is 69.5 Å². The number of hydrogen-bond donors (Lipinski definition) is 0. The van der Waals surface area contributed by atoms with Crippen LogP contribution in [0.5, 0.6) is 0 Å². The first-order chi connectivity index (χ1) is 13.6. The first kappa shape index (κ1) is 21.7.